The van der Waals surface area contributed by atoms with E-state index in [9.17, 15) is 52.5 Å². The second-order valence-electron chi connectivity index (χ2n) is 40.3. The highest BCUT2D eigenvalue weighted by atomic mass is 32.2. The lowest BCUT2D eigenvalue weighted by atomic mass is 9.63. The summed E-state index contributed by atoms with van der Waals surface area (Å²) in [7, 11) is -3.43. The van der Waals surface area contributed by atoms with Crippen LogP contribution in [0, 0.1) is 109 Å². The molecule has 3 saturated carbocycles. The molecule has 0 bridgehead atoms. The van der Waals surface area contributed by atoms with Gasteiger partial charge >= 0.3 is 0 Å². The van der Waals surface area contributed by atoms with E-state index in [1.807, 2.05) is 54.5 Å². The van der Waals surface area contributed by atoms with Crippen LogP contribution in [0.25, 0.3) is 34.2 Å². The highest BCUT2D eigenvalue weighted by Crippen LogP contribution is 2.56. The predicted octanol–water partition coefficient (Wildman–Crippen LogP) is 12.1. The predicted molar refractivity (Wildman–Crippen MR) is 545 cm³/mol. The highest BCUT2D eigenvalue weighted by molar-refractivity contribution is 7.98. The lowest BCUT2D eigenvalue weighted by Gasteiger charge is -2.49. The lowest BCUT2D eigenvalue weighted by Crippen LogP contribution is -2.43. The summed E-state index contributed by atoms with van der Waals surface area (Å²) in [6.07, 6.45) is 78.8. The van der Waals surface area contributed by atoms with Gasteiger partial charge in [0.25, 0.3) is 0 Å². The Balaban J connectivity index is 0.000000117. The zero-order valence-electron chi connectivity index (χ0n) is 81.2. The molecule has 2 atom stereocenters. The number of pyridine rings is 6. The number of aliphatic hydroxyl groups is 4. The number of thioether (sulfide) groups is 1. The fourth-order valence-corrected chi connectivity index (χ4v) is 23.9. The van der Waals surface area contributed by atoms with Crippen LogP contribution in [0.2, 0.25) is 0 Å². The molecule has 732 valence electrons. The molecule has 7 aromatic rings. The second-order valence-corrected chi connectivity index (χ2v) is 43.0. The standard InChI is InChI=1S/C20H22N2O3S.C20H22N2O3.C20H22N2OS.C19H18N4O.C18H20N2O2.C17H18N2O2/c1-3-15-17(23)11-14-13-21-18(26(2,24)25)12-16(14)19(15)22-9-7-20(8-10-22)5-4-6-20;1-2-14-17(24)9-13-11-21-16(18(25)12-23)10-15(13)19(14)22-7-5-20(3-4-20)6-8-22;1-3-15-17(23)11-14-13-21-18(24-2)12-16(14)19(15)22-9-7-20(8-10-22)5-4-6-20;1-3-16-18(24)10-14-11-20-13(2)9-17(14)19(16)22-8-5-15(12-22)23-7-4-6-21-23;1-2-15-17(22)11-14-12-19-7-3-16(14)18(15)20-8-4-13(5-9-20)6-10-21;1-2-14-16(21)9-13-10-18-6-3-15(13)17(14)19-7-4-12(11-20)5-8-19/h1,12-13H,4-11H2,2H3;1,10-11,18,23,25H,3-9,12H2;1,12-13H,4-11H2,2H3;1,4,6-7,9,11,15H,5,8,10,12H2,2H3;1,3,7,12-13,21H,4-6,8-11H2;1,3,6,10,12,20H,4-5,7-9,11H2/t;;;15-;;/m...1../s1. The number of rotatable bonds is 14. The van der Waals surface area contributed by atoms with Gasteiger partial charge in [0.15, 0.2) is 49.6 Å². The van der Waals surface area contributed by atoms with Crippen LogP contribution in [0.3, 0.4) is 0 Å². The number of likely N-dealkylation sites (tertiary alicyclic amines) is 6. The molecule has 9 fully saturated rings. The Hall–Kier alpha value is -13.1. The highest BCUT2D eigenvalue weighted by Gasteiger charge is 2.48. The van der Waals surface area contributed by atoms with E-state index in [4.69, 9.17) is 43.6 Å². The maximum atomic E-state index is 12.5. The number of allylic oxidation sites excluding steroid dienone is 6. The molecule has 3 spiro atoms. The third-order valence-electron chi connectivity index (χ3n) is 31.8. The SMILES string of the molecule is C#CC1=C(N2CCC(CCO)CC2)c2ccncc2CC1=O.C#CC1=C(N2CCC(CO)CC2)c2ccncc2CC1=O.C#CC1=C(N2CCC3(CC2)CC3)c2cc(C(O)CO)ncc2CC1=O.C#CC1=C(N2CCC3(CCC3)CC2)c2cc(S(C)(=O)=O)ncc2CC1=O.C#CC1=C(N2CCC3(CCC3)CC2)c2cc(SC)ncc2CC1=O.C#CC1=C(N2CC[C@@H](n3cccn3)C2)c2cc(C)ncc2CC1=O. The third kappa shape index (κ3) is 21.1. The molecule has 6 aliphatic heterocycles. The number of nitrogens with zero attached hydrogens (tertiary/aromatic N) is 14. The van der Waals surface area contributed by atoms with E-state index >= 15 is 0 Å². The van der Waals surface area contributed by atoms with Crippen LogP contribution in [0.1, 0.15) is 219 Å². The first kappa shape index (κ1) is 100. The molecule has 0 aromatic carbocycles. The Morgan fingerprint density at radius 2 is 0.796 bits per heavy atom. The van der Waals surface area contributed by atoms with Gasteiger partial charge in [0, 0.05) is 238 Å². The Morgan fingerprint density at radius 3 is 1.18 bits per heavy atom. The number of fused-ring (bicyclic) bond motifs is 6. The Labute approximate surface area is 837 Å². The van der Waals surface area contributed by atoms with E-state index in [1.165, 1.54) is 70.4 Å². The lowest BCUT2D eigenvalue weighted by molar-refractivity contribution is -0.115. The van der Waals surface area contributed by atoms with Gasteiger partial charge in [-0.15, -0.1) is 50.3 Å². The number of piperidine rings is 5. The summed E-state index contributed by atoms with van der Waals surface area (Å²) in [6.45, 7) is 12.6. The van der Waals surface area contributed by atoms with Crippen LogP contribution in [0.4, 0.5) is 0 Å². The van der Waals surface area contributed by atoms with Crippen LogP contribution in [0.15, 0.2) is 148 Å². The number of terminal acetylenes is 6. The number of hydrogen-bond acceptors (Lipinski definition) is 26. The van der Waals surface area contributed by atoms with E-state index in [2.05, 4.69) is 106 Å². The van der Waals surface area contributed by atoms with Crippen molar-refractivity contribution in [2.24, 2.45) is 28.1 Å². The molecule has 15 aliphatic rings. The number of aliphatic hydroxyl groups excluding tert-OH is 4. The van der Waals surface area contributed by atoms with Gasteiger partial charge in [0.2, 0.25) is 0 Å². The zero-order chi connectivity index (χ0) is 99.9. The minimum atomic E-state index is -3.43. The van der Waals surface area contributed by atoms with Crippen LogP contribution in [-0.2, 0) is 77.1 Å². The molecule has 22 rings (SSSR count). The average molecular weight is 1940 g/mol. The number of hydrogen-bond donors (Lipinski definition) is 4. The van der Waals surface area contributed by atoms with E-state index in [1.54, 1.807) is 67.3 Å². The Morgan fingerprint density at radius 1 is 0.430 bits per heavy atom. The van der Waals surface area contributed by atoms with Crippen LogP contribution in [0.5, 0.6) is 0 Å². The second kappa shape index (κ2) is 43.4. The quantitative estimate of drug-likeness (QED) is 0.0580. The molecule has 142 heavy (non-hydrogen) atoms. The fourth-order valence-electron chi connectivity index (χ4n) is 23.0. The summed E-state index contributed by atoms with van der Waals surface area (Å²) in [6, 6.07) is 13.6. The van der Waals surface area contributed by atoms with Gasteiger partial charge in [0.05, 0.1) is 91.0 Å². The Bertz CT molecular complexity index is 6740. The topological polar surface area (TPSA) is 332 Å². The van der Waals surface area contributed by atoms with Crippen LogP contribution in [-0.4, -0.2) is 243 Å². The largest absolute Gasteiger partial charge is 0.396 e. The molecular formula is C114H122N14O12S2. The van der Waals surface area contributed by atoms with Crippen molar-refractivity contribution < 1.29 is 57.6 Å². The molecule has 1 unspecified atom stereocenters. The summed E-state index contributed by atoms with van der Waals surface area (Å²) in [5.41, 5.74) is 22.3. The van der Waals surface area contributed by atoms with Crippen molar-refractivity contribution in [1.29, 1.82) is 0 Å². The first-order chi connectivity index (χ1) is 68.7. The summed E-state index contributed by atoms with van der Waals surface area (Å²) in [5, 5.41) is 42.8. The van der Waals surface area contributed by atoms with Gasteiger partial charge in [-0.3, -0.25) is 53.4 Å². The normalized spacial score (nSPS) is 21.0. The van der Waals surface area contributed by atoms with Crippen molar-refractivity contribution in [2.45, 2.75) is 196 Å². The van der Waals surface area contributed by atoms with Crippen LogP contribution >= 0.6 is 11.8 Å². The molecular weight excluding hydrogens is 1820 g/mol. The van der Waals surface area contributed by atoms with Gasteiger partial charge in [-0.05, 0) is 233 Å². The fraction of sp³-hybridized carbons (Fsp3) is 0.447. The van der Waals surface area contributed by atoms with Crippen molar-refractivity contribution in [3.8, 4) is 74.1 Å². The smallest absolute Gasteiger partial charge is 0.192 e. The number of aromatic nitrogens is 8. The van der Waals surface area contributed by atoms with E-state index in [0.717, 1.165) is 261 Å². The number of carbonyl (C=O) groups is 6. The molecule has 26 nitrogen and oxygen atoms in total. The number of aryl methyl sites for hydroxylation is 1. The number of ketones is 6. The molecule has 4 N–H and O–H groups in total. The average Bonchev–Trinajstić information content (AvgIpc) is 1.20. The van der Waals surface area contributed by atoms with Crippen molar-refractivity contribution in [1.82, 2.24) is 69.1 Å². The van der Waals surface area contributed by atoms with Gasteiger partial charge < -0.3 is 49.8 Å². The minimum Gasteiger partial charge on any atom is -0.396 e. The van der Waals surface area contributed by atoms with Gasteiger partial charge in [0.1, 0.15) is 6.10 Å². The summed E-state index contributed by atoms with van der Waals surface area (Å²) >= 11 is 1.62. The third-order valence-corrected chi connectivity index (χ3v) is 33.4. The molecule has 13 heterocycles. The first-order valence-electron chi connectivity index (χ1n) is 49.7. The van der Waals surface area contributed by atoms with Crippen molar-refractivity contribution in [3.63, 3.8) is 0 Å². The van der Waals surface area contributed by atoms with E-state index < -0.39 is 22.5 Å². The zero-order valence-corrected chi connectivity index (χ0v) is 82.8. The molecule has 0 radical (unpaired) electrons. The van der Waals surface area contributed by atoms with Gasteiger partial charge in [-0.2, -0.15) is 5.10 Å². The molecule has 28 heteroatoms. The summed E-state index contributed by atoms with van der Waals surface area (Å²) < 4.78 is 25.9. The maximum Gasteiger partial charge on any atom is 0.192 e. The van der Waals surface area contributed by atoms with Crippen molar-refractivity contribution >= 4 is 90.5 Å². The van der Waals surface area contributed by atoms with Gasteiger partial charge in [-0.25, -0.2) is 18.4 Å². The number of carbonyl (C=O) groups excluding carboxylic acids is 6. The minimum absolute atomic E-state index is 0.00252. The van der Waals surface area contributed by atoms with Crippen molar-refractivity contribution in [2.75, 3.05) is 111 Å². The molecule has 7 aromatic heterocycles. The summed E-state index contributed by atoms with van der Waals surface area (Å²) in [4.78, 5) is 113. The molecule has 9 aliphatic carbocycles. The monoisotopic (exact) mass is 1940 g/mol. The number of Topliss-reactive ketones (excluding diaryl/α,β-unsaturated/α-hetero) is 6. The molecule has 0 amide bonds. The van der Waals surface area contributed by atoms with Crippen molar-refractivity contribution in [3.05, 3.63) is 216 Å². The summed E-state index contributed by atoms with van der Waals surface area (Å²) in [5.74, 6) is 16.5. The van der Waals surface area contributed by atoms with Crippen LogP contribution < -0.4 is 0 Å². The molecule has 6 saturated heterocycles. The number of sulfone groups is 1. The van der Waals surface area contributed by atoms with E-state index in [0.29, 0.717) is 98.9 Å². The first-order valence-corrected chi connectivity index (χ1v) is 52.8. The van der Waals surface area contributed by atoms with E-state index in [-0.39, 0.29) is 65.8 Å². The maximum absolute atomic E-state index is 12.5. The Kier molecular flexibility index (Phi) is 30.7. The van der Waals surface area contributed by atoms with Gasteiger partial charge in [-0.1, -0.05) is 48.4 Å².